The van der Waals surface area contributed by atoms with Crippen molar-refractivity contribution in [2.75, 3.05) is 20.7 Å². The molecule has 1 heterocycles. The molecule has 1 aromatic heterocycles. The molecule has 0 bridgehead atoms. The smallest absolute Gasteiger partial charge is 0.339 e. The molecule has 0 aliphatic heterocycles. The Balaban J connectivity index is 2.50. The molecule has 0 fully saturated rings. The molecular weight excluding hydrogens is 228 g/mol. The van der Waals surface area contributed by atoms with Crippen LogP contribution in [0.15, 0.2) is 18.3 Å². The van der Waals surface area contributed by atoms with Gasteiger partial charge in [-0.1, -0.05) is 11.6 Å². The number of rotatable bonds is 4. The van der Waals surface area contributed by atoms with Crippen LogP contribution in [0.25, 0.3) is 0 Å². The van der Waals surface area contributed by atoms with Gasteiger partial charge >= 0.3 is 5.97 Å². The van der Waals surface area contributed by atoms with Crippen LogP contribution < -0.4 is 0 Å². The van der Waals surface area contributed by atoms with Gasteiger partial charge in [0.1, 0.15) is 11.8 Å². The molecule has 0 spiro atoms. The number of carbonyl (C=O) groups is 1. The molecule has 5 heteroatoms. The van der Waals surface area contributed by atoms with Gasteiger partial charge in [0.05, 0.1) is 5.56 Å². The normalized spacial score (nSPS) is 12.6. The van der Waals surface area contributed by atoms with Crippen molar-refractivity contribution in [1.82, 2.24) is 9.88 Å². The lowest BCUT2D eigenvalue weighted by atomic mass is 10.3. The van der Waals surface area contributed by atoms with Crippen LogP contribution >= 0.6 is 11.6 Å². The highest BCUT2D eigenvalue weighted by molar-refractivity contribution is 6.29. The molecular formula is C11H15ClN2O2. The highest BCUT2D eigenvalue weighted by Crippen LogP contribution is 2.07. The van der Waals surface area contributed by atoms with E-state index in [-0.39, 0.29) is 12.0 Å². The Kier molecular flexibility index (Phi) is 4.71. The Morgan fingerprint density at radius 2 is 2.25 bits per heavy atom. The summed E-state index contributed by atoms with van der Waals surface area (Å²) in [6, 6.07) is 3.34. The summed E-state index contributed by atoms with van der Waals surface area (Å²) in [4.78, 5) is 17.4. The predicted molar refractivity (Wildman–Crippen MR) is 62.7 cm³/mol. The second kappa shape index (κ2) is 5.82. The van der Waals surface area contributed by atoms with Crippen molar-refractivity contribution >= 4 is 17.6 Å². The van der Waals surface area contributed by atoms with Crippen molar-refractivity contribution < 1.29 is 9.53 Å². The number of hydrogen-bond acceptors (Lipinski definition) is 4. The Hall–Kier alpha value is -1.13. The minimum atomic E-state index is -0.377. The molecule has 1 atom stereocenters. The van der Waals surface area contributed by atoms with Gasteiger partial charge in [-0.2, -0.15) is 0 Å². The number of pyridine rings is 1. The Morgan fingerprint density at radius 3 is 2.75 bits per heavy atom. The summed E-state index contributed by atoms with van der Waals surface area (Å²) in [7, 11) is 3.87. The predicted octanol–water partition coefficient (Wildman–Crippen LogP) is 1.84. The van der Waals surface area contributed by atoms with Crippen LogP contribution in [0, 0.1) is 0 Å². The minimum absolute atomic E-state index is 0.184. The van der Waals surface area contributed by atoms with Crippen molar-refractivity contribution in [3.8, 4) is 0 Å². The van der Waals surface area contributed by atoms with Gasteiger partial charge in [0.15, 0.2) is 0 Å². The molecule has 0 aliphatic carbocycles. The van der Waals surface area contributed by atoms with Crippen molar-refractivity contribution in [2.45, 2.75) is 13.0 Å². The number of halogens is 1. The number of hydrogen-bond donors (Lipinski definition) is 0. The molecule has 0 saturated heterocycles. The molecule has 16 heavy (non-hydrogen) atoms. The maximum absolute atomic E-state index is 11.6. The van der Waals surface area contributed by atoms with Crippen LogP contribution in [0.4, 0.5) is 0 Å². The largest absolute Gasteiger partial charge is 0.460 e. The molecule has 0 N–H and O–H groups in total. The molecule has 0 radical (unpaired) electrons. The van der Waals surface area contributed by atoms with E-state index in [4.69, 9.17) is 16.3 Å². The number of carbonyl (C=O) groups excluding carboxylic acids is 1. The van der Waals surface area contributed by atoms with Gasteiger partial charge < -0.3 is 9.64 Å². The maximum atomic E-state index is 11.6. The van der Waals surface area contributed by atoms with Crippen molar-refractivity contribution in [1.29, 1.82) is 0 Å². The van der Waals surface area contributed by atoms with Gasteiger partial charge in [0.25, 0.3) is 0 Å². The summed E-state index contributed by atoms with van der Waals surface area (Å²) in [6.07, 6.45) is 1.41. The molecule has 1 rings (SSSR count). The molecule has 0 aromatic carbocycles. The summed E-state index contributed by atoms with van der Waals surface area (Å²) in [5, 5.41) is 0.359. The van der Waals surface area contributed by atoms with E-state index in [2.05, 4.69) is 4.98 Å². The number of esters is 1. The first-order valence-corrected chi connectivity index (χ1v) is 5.33. The lowest BCUT2D eigenvalue weighted by Gasteiger charge is -2.19. The third kappa shape index (κ3) is 3.79. The molecule has 0 saturated carbocycles. The van der Waals surface area contributed by atoms with E-state index in [1.807, 2.05) is 25.9 Å². The molecule has 1 aromatic rings. The zero-order valence-electron chi connectivity index (χ0n) is 9.61. The summed E-state index contributed by atoms with van der Waals surface area (Å²) in [5.41, 5.74) is 0.412. The SMILES string of the molecule is CC(COC(=O)c1ccc(Cl)nc1)N(C)C. The van der Waals surface area contributed by atoms with E-state index in [0.717, 1.165) is 0 Å². The zero-order valence-corrected chi connectivity index (χ0v) is 10.4. The first-order chi connectivity index (χ1) is 7.50. The number of likely N-dealkylation sites (N-methyl/N-ethyl adjacent to an activating group) is 1. The van der Waals surface area contributed by atoms with Gasteiger partial charge in [-0.15, -0.1) is 0 Å². The second-order valence-electron chi connectivity index (χ2n) is 3.78. The second-order valence-corrected chi connectivity index (χ2v) is 4.17. The summed E-state index contributed by atoms with van der Waals surface area (Å²) >= 11 is 5.62. The first kappa shape index (κ1) is 12.9. The lowest BCUT2D eigenvalue weighted by molar-refractivity contribution is 0.0416. The highest BCUT2D eigenvalue weighted by atomic mass is 35.5. The molecule has 4 nitrogen and oxygen atoms in total. The van der Waals surface area contributed by atoms with Crippen LogP contribution in [0.5, 0.6) is 0 Å². The van der Waals surface area contributed by atoms with E-state index in [1.165, 1.54) is 6.20 Å². The number of nitrogens with zero attached hydrogens (tertiary/aromatic N) is 2. The third-order valence-corrected chi connectivity index (χ3v) is 2.52. The lowest BCUT2D eigenvalue weighted by Crippen LogP contribution is -2.30. The Bertz CT molecular complexity index is 352. The standard InChI is InChI=1S/C11H15ClN2O2/c1-8(14(2)3)7-16-11(15)9-4-5-10(12)13-6-9/h4-6,8H,7H2,1-3H3. The molecule has 0 aliphatic rings. The van der Waals surface area contributed by atoms with Crippen LogP contribution in [0.1, 0.15) is 17.3 Å². The van der Waals surface area contributed by atoms with Crippen LogP contribution in [0.2, 0.25) is 5.15 Å². The number of aromatic nitrogens is 1. The fourth-order valence-electron chi connectivity index (χ4n) is 0.925. The van der Waals surface area contributed by atoms with Crippen molar-refractivity contribution in [3.63, 3.8) is 0 Å². The van der Waals surface area contributed by atoms with Crippen LogP contribution in [-0.2, 0) is 4.74 Å². The van der Waals surface area contributed by atoms with Crippen LogP contribution in [0.3, 0.4) is 0 Å². The Morgan fingerprint density at radius 1 is 1.56 bits per heavy atom. The van der Waals surface area contributed by atoms with Crippen molar-refractivity contribution in [2.24, 2.45) is 0 Å². The fraction of sp³-hybridized carbons (Fsp3) is 0.455. The van der Waals surface area contributed by atoms with E-state index >= 15 is 0 Å². The average molecular weight is 243 g/mol. The maximum Gasteiger partial charge on any atom is 0.339 e. The minimum Gasteiger partial charge on any atom is -0.460 e. The van der Waals surface area contributed by atoms with Crippen molar-refractivity contribution in [3.05, 3.63) is 29.0 Å². The van der Waals surface area contributed by atoms with Gasteiger partial charge in [0, 0.05) is 12.2 Å². The van der Waals surface area contributed by atoms with Gasteiger partial charge in [-0.05, 0) is 33.2 Å². The summed E-state index contributed by atoms with van der Waals surface area (Å²) in [6.45, 7) is 2.34. The first-order valence-electron chi connectivity index (χ1n) is 4.96. The zero-order chi connectivity index (χ0) is 12.1. The molecule has 0 amide bonds. The quantitative estimate of drug-likeness (QED) is 0.597. The topological polar surface area (TPSA) is 42.4 Å². The van der Waals surface area contributed by atoms with Crippen LogP contribution in [-0.4, -0.2) is 42.6 Å². The van der Waals surface area contributed by atoms with E-state index in [1.54, 1.807) is 12.1 Å². The van der Waals surface area contributed by atoms with E-state index in [9.17, 15) is 4.79 Å². The van der Waals surface area contributed by atoms with E-state index in [0.29, 0.717) is 17.3 Å². The highest BCUT2D eigenvalue weighted by Gasteiger charge is 2.11. The molecule has 1 unspecified atom stereocenters. The Labute approximate surface area is 100 Å². The van der Waals surface area contributed by atoms with Gasteiger partial charge in [-0.3, -0.25) is 0 Å². The number of ether oxygens (including phenoxy) is 1. The summed E-state index contributed by atoms with van der Waals surface area (Å²) < 4.78 is 5.13. The summed E-state index contributed by atoms with van der Waals surface area (Å²) in [5.74, 6) is -0.377. The van der Waals surface area contributed by atoms with E-state index < -0.39 is 0 Å². The third-order valence-electron chi connectivity index (χ3n) is 2.30. The average Bonchev–Trinajstić information content (AvgIpc) is 2.26. The molecule has 88 valence electrons. The monoisotopic (exact) mass is 242 g/mol. The fourth-order valence-corrected chi connectivity index (χ4v) is 1.04. The van der Waals surface area contributed by atoms with Gasteiger partial charge in [-0.25, -0.2) is 9.78 Å². The van der Waals surface area contributed by atoms with Gasteiger partial charge in [0.2, 0.25) is 0 Å².